The Kier molecular flexibility index (Phi) is 8.75. The highest BCUT2D eigenvalue weighted by molar-refractivity contribution is 5.92. The molecule has 0 fully saturated rings. The van der Waals surface area contributed by atoms with E-state index in [4.69, 9.17) is 24.2 Å². The number of nitrogens with zero attached hydrogens (tertiary/aromatic N) is 1. The van der Waals surface area contributed by atoms with Crippen LogP contribution in [0.1, 0.15) is 29.5 Å². The lowest BCUT2D eigenvalue weighted by molar-refractivity contribution is -0.129. The predicted octanol–water partition coefficient (Wildman–Crippen LogP) is 2.97. The highest BCUT2D eigenvalue weighted by atomic mass is 16.5. The van der Waals surface area contributed by atoms with Gasteiger partial charge in [-0.3, -0.25) is 14.8 Å². The van der Waals surface area contributed by atoms with Crippen LogP contribution in [0.3, 0.4) is 0 Å². The van der Waals surface area contributed by atoms with Crippen molar-refractivity contribution < 1.29 is 33.7 Å². The molecule has 3 rings (SSSR count). The third kappa shape index (κ3) is 6.20. The van der Waals surface area contributed by atoms with Gasteiger partial charge in [-0.25, -0.2) is 5.48 Å². The standard InChI is InChI=1S/C25H30N2O7/c1-31-21-13-17(6-8-20(21)34-12-4-5-24(28)26-30)7-9-25(29)27-11-10-18-14-22(32-2)23(33-3)15-19(18)16-27/h6-9,13-15,30H,4-5,10-12,16H2,1-3H3,(H,26,28). The topological polar surface area (TPSA) is 107 Å². The van der Waals surface area contributed by atoms with Crippen molar-refractivity contribution in [2.45, 2.75) is 25.8 Å². The molecular formula is C25H30N2O7. The van der Waals surface area contributed by atoms with Crippen molar-refractivity contribution in [3.63, 3.8) is 0 Å². The molecule has 0 spiro atoms. The summed E-state index contributed by atoms with van der Waals surface area (Å²) in [6, 6.07) is 9.26. The Bertz CT molecular complexity index is 1050. The number of carbonyl (C=O) groups is 2. The molecule has 0 atom stereocenters. The maximum absolute atomic E-state index is 12.8. The van der Waals surface area contributed by atoms with E-state index in [2.05, 4.69) is 0 Å². The number of ether oxygens (including phenoxy) is 4. The molecule has 1 heterocycles. The number of rotatable bonds is 10. The number of hydrogen-bond acceptors (Lipinski definition) is 7. The molecule has 9 nitrogen and oxygen atoms in total. The van der Waals surface area contributed by atoms with E-state index in [1.807, 2.05) is 18.2 Å². The van der Waals surface area contributed by atoms with Gasteiger partial charge in [0.1, 0.15) is 0 Å². The summed E-state index contributed by atoms with van der Waals surface area (Å²) in [5.74, 6) is 1.86. The molecule has 2 aromatic rings. The summed E-state index contributed by atoms with van der Waals surface area (Å²) in [6.07, 6.45) is 4.64. The number of fused-ring (bicyclic) bond motifs is 1. The van der Waals surface area contributed by atoms with Crippen molar-refractivity contribution in [2.24, 2.45) is 0 Å². The van der Waals surface area contributed by atoms with Gasteiger partial charge in [0.25, 0.3) is 0 Å². The molecule has 0 unspecified atom stereocenters. The molecule has 1 aliphatic rings. The Balaban J connectivity index is 1.61. The second-order valence-corrected chi connectivity index (χ2v) is 7.72. The van der Waals surface area contributed by atoms with Gasteiger partial charge in [0.05, 0.1) is 27.9 Å². The summed E-state index contributed by atoms with van der Waals surface area (Å²) < 4.78 is 21.8. The Morgan fingerprint density at radius 1 is 1.00 bits per heavy atom. The van der Waals surface area contributed by atoms with E-state index in [0.29, 0.717) is 49.1 Å². The zero-order valence-corrected chi connectivity index (χ0v) is 19.6. The number of amides is 2. The zero-order valence-electron chi connectivity index (χ0n) is 19.6. The molecule has 0 bridgehead atoms. The van der Waals surface area contributed by atoms with Gasteiger partial charge < -0.3 is 23.8 Å². The van der Waals surface area contributed by atoms with Crippen molar-refractivity contribution in [2.75, 3.05) is 34.5 Å². The summed E-state index contributed by atoms with van der Waals surface area (Å²) in [7, 11) is 4.74. The van der Waals surface area contributed by atoms with Crippen LogP contribution in [0.2, 0.25) is 0 Å². The van der Waals surface area contributed by atoms with Gasteiger partial charge >= 0.3 is 0 Å². The molecule has 9 heteroatoms. The number of carbonyl (C=O) groups excluding carboxylic acids is 2. The van der Waals surface area contributed by atoms with Crippen molar-refractivity contribution in [3.8, 4) is 23.0 Å². The van der Waals surface area contributed by atoms with Crippen molar-refractivity contribution in [1.29, 1.82) is 0 Å². The first-order valence-electron chi connectivity index (χ1n) is 10.9. The zero-order chi connectivity index (χ0) is 24.5. The first-order chi connectivity index (χ1) is 16.5. The first-order valence-corrected chi connectivity index (χ1v) is 10.9. The molecule has 0 aliphatic carbocycles. The number of nitrogens with one attached hydrogen (secondary N) is 1. The Labute approximate surface area is 198 Å². The molecule has 2 amide bonds. The Morgan fingerprint density at radius 3 is 2.35 bits per heavy atom. The van der Waals surface area contributed by atoms with Crippen LogP contribution in [0.15, 0.2) is 36.4 Å². The van der Waals surface area contributed by atoms with Crippen molar-refractivity contribution >= 4 is 17.9 Å². The number of benzene rings is 2. The smallest absolute Gasteiger partial charge is 0.246 e. The fourth-order valence-electron chi connectivity index (χ4n) is 3.72. The van der Waals surface area contributed by atoms with Gasteiger partial charge in [-0.2, -0.15) is 0 Å². The van der Waals surface area contributed by atoms with Crippen LogP contribution in [0.5, 0.6) is 23.0 Å². The van der Waals surface area contributed by atoms with E-state index in [-0.39, 0.29) is 12.3 Å². The summed E-state index contributed by atoms with van der Waals surface area (Å²) in [6.45, 7) is 1.42. The largest absolute Gasteiger partial charge is 0.493 e. The van der Waals surface area contributed by atoms with E-state index >= 15 is 0 Å². The van der Waals surface area contributed by atoms with E-state index in [1.54, 1.807) is 48.9 Å². The lowest BCUT2D eigenvalue weighted by atomic mass is 9.98. The van der Waals surface area contributed by atoms with E-state index in [0.717, 1.165) is 23.1 Å². The molecule has 0 aromatic heterocycles. The average molecular weight is 471 g/mol. The molecule has 0 saturated heterocycles. The van der Waals surface area contributed by atoms with E-state index in [9.17, 15) is 9.59 Å². The molecule has 2 aromatic carbocycles. The fourth-order valence-corrected chi connectivity index (χ4v) is 3.72. The summed E-state index contributed by atoms with van der Waals surface area (Å²) >= 11 is 0. The minimum absolute atomic E-state index is 0.0816. The fraction of sp³-hybridized carbons (Fsp3) is 0.360. The van der Waals surface area contributed by atoms with Gasteiger partial charge in [0, 0.05) is 25.6 Å². The average Bonchev–Trinajstić information content (AvgIpc) is 2.88. The van der Waals surface area contributed by atoms with Gasteiger partial charge in [0.2, 0.25) is 11.8 Å². The SMILES string of the molecule is COc1cc2c(cc1OC)CN(C(=O)C=Cc1ccc(OCCCC(=O)NO)c(OC)c1)CC2. The first kappa shape index (κ1) is 24.9. The third-order valence-electron chi connectivity index (χ3n) is 5.57. The van der Waals surface area contributed by atoms with Crippen LogP contribution in [-0.2, 0) is 22.6 Å². The van der Waals surface area contributed by atoms with Gasteiger partial charge in [0.15, 0.2) is 23.0 Å². The Morgan fingerprint density at radius 2 is 1.68 bits per heavy atom. The van der Waals surface area contributed by atoms with Crippen molar-refractivity contribution in [3.05, 3.63) is 53.1 Å². The molecule has 34 heavy (non-hydrogen) atoms. The lowest BCUT2D eigenvalue weighted by Gasteiger charge is -2.28. The maximum atomic E-state index is 12.8. The predicted molar refractivity (Wildman–Crippen MR) is 125 cm³/mol. The second-order valence-electron chi connectivity index (χ2n) is 7.72. The van der Waals surface area contributed by atoms with E-state index < -0.39 is 5.91 Å². The number of hydrogen-bond donors (Lipinski definition) is 2. The van der Waals surface area contributed by atoms with Crippen LogP contribution in [-0.4, -0.2) is 56.4 Å². The maximum Gasteiger partial charge on any atom is 0.246 e. The van der Waals surface area contributed by atoms with Crippen LogP contribution in [0.4, 0.5) is 0 Å². The normalized spacial score (nSPS) is 12.8. The highest BCUT2D eigenvalue weighted by Gasteiger charge is 2.21. The molecule has 0 saturated carbocycles. The van der Waals surface area contributed by atoms with Crippen LogP contribution >= 0.6 is 0 Å². The Hall–Kier alpha value is -3.72. The van der Waals surface area contributed by atoms with Crippen LogP contribution < -0.4 is 24.4 Å². The number of methoxy groups -OCH3 is 3. The quantitative estimate of drug-likeness (QED) is 0.238. The van der Waals surface area contributed by atoms with Crippen LogP contribution in [0.25, 0.3) is 6.08 Å². The van der Waals surface area contributed by atoms with E-state index in [1.165, 1.54) is 7.11 Å². The lowest BCUT2D eigenvalue weighted by Crippen LogP contribution is -2.34. The third-order valence-corrected chi connectivity index (χ3v) is 5.57. The number of hydroxylamine groups is 1. The molecule has 1 aliphatic heterocycles. The van der Waals surface area contributed by atoms with Gasteiger partial charge in [-0.05, 0) is 59.9 Å². The summed E-state index contributed by atoms with van der Waals surface area (Å²) in [5.41, 5.74) is 4.58. The summed E-state index contributed by atoms with van der Waals surface area (Å²) in [4.78, 5) is 25.7. The minimum Gasteiger partial charge on any atom is -0.493 e. The molecule has 2 N–H and O–H groups in total. The molecule has 182 valence electrons. The van der Waals surface area contributed by atoms with Crippen LogP contribution in [0, 0.1) is 0 Å². The monoisotopic (exact) mass is 470 g/mol. The molecule has 0 radical (unpaired) electrons. The van der Waals surface area contributed by atoms with Gasteiger partial charge in [-0.1, -0.05) is 6.07 Å². The second kappa shape index (κ2) is 11.9. The van der Waals surface area contributed by atoms with Crippen molar-refractivity contribution in [1.82, 2.24) is 10.4 Å². The summed E-state index contributed by atoms with van der Waals surface area (Å²) in [5, 5.41) is 8.52. The minimum atomic E-state index is -0.461. The highest BCUT2D eigenvalue weighted by Crippen LogP contribution is 2.33. The molecular weight excluding hydrogens is 440 g/mol. The van der Waals surface area contributed by atoms with Gasteiger partial charge in [-0.15, -0.1) is 0 Å².